The van der Waals surface area contributed by atoms with Crippen LogP contribution in [-0.2, 0) is 0 Å². The first-order valence-corrected chi connectivity index (χ1v) is 5.94. The number of anilines is 1. The maximum atomic E-state index is 11.8. The molecule has 0 heterocycles. The van der Waals surface area contributed by atoms with E-state index in [-0.39, 0.29) is 16.8 Å². The molecule has 0 bridgehead atoms. The minimum absolute atomic E-state index is 0.00421. The smallest absolute Gasteiger partial charge is 0.337 e. The molecule has 3 N–H and O–H groups in total. The van der Waals surface area contributed by atoms with E-state index in [0.29, 0.717) is 5.75 Å². The third-order valence-electron chi connectivity index (χ3n) is 3.12. The van der Waals surface area contributed by atoms with Gasteiger partial charge in [-0.25, -0.2) is 9.59 Å². The number of ether oxygens (including phenoxy) is 1. The van der Waals surface area contributed by atoms with Crippen molar-refractivity contribution in [1.29, 1.82) is 0 Å². The van der Waals surface area contributed by atoms with E-state index < -0.39 is 12.0 Å². The number of methoxy groups -OCH3 is 1. The molecule has 0 aromatic heterocycles. The van der Waals surface area contributed by atoms with Gasteiger partial charge in [0.05, 0.1) is 18.4 Å². The minimum Gasteiger partial charge on any atom is -0.497 e. The van der Waals surface area contributed by atoms with Crippen molar-refractivity contribution in [3.63, 3.8) is 0 Å². The number of hydrogen-bond acceptors (Lipinski definition) is 3. The van der Waals surface area contributed by atoms with Crippen LogP contribution in [-0.4, -0.2) is 29.8 Å². The summed E-state index contributed by atoms with van der Waals surface area (Å²) in [7, 11) is 1.45. The number of urea groups is 1. The minimum atomic E-state index is -1.12. The molecule has 1 aromatic carbocycles. The largest absolute Gasteiger partial charge is 0.497 e. The van der Waals surface area contributed by atoms with Crippen molar-refractivity contribution >= 4 is 17.7 Å². The Morgan fingerprint density at radius 3 is 2.58 bits per heavy atom. The molecule has 102 valence electrons. The number of aromatic carboxylic acids is 1. The van der Waals surface area contributed by atoms with E-state index in [1.165, 1.54) is 19.2 Å². The Labute approximate surface area is 110 Å². The van der Waals surface area contributed by atoms with Crippen LogP contribution in [0.25, 0.3) is 0 Å². The van der Waals surface area contributed by atoms with Crippen LogP contribution in [0, 0.1) is 0 Å². The second-order valence-electron chi connectivity index (χ2n) is 4.86. The molecule has 1 aliphatic carbocycles. The lowest BCUT2D eigenvalue weighted by molar-refractivity contribution is 0.0697. The maximum absolute atomic E-state index is 11.8. The highest BCUT2D eigenvalue weighted by atomic mass is 16.5. The zero-order valence-electron chi connectivity index (χ0n) is 10.8. The Morgan fingerprint density at radius 2 is 2.05 bits per heavy atom. The predicted molar refractivity (Wildman–Crippen MR) is 69.7 cm³/mol. The van der Waals surface area contributed by atoms with E-state index >= 15 is 0 Å². The second-order valence-corrected chi connectivity index (χ2v) is 4.86. The lowest BCUT2D eigenvalue weighted by atomic mass is 10.1. The standard InChI is InChI=1S/C13H16N2O4/c1-13(5-6-13)15-12(18)14-10-4-3-8(19-2)7-9(10)11(16)17/h3-4,7H,5-6H2,1-2H3,(H,16,17)(H2,14,15,18). The highest BCUT2D eigenvalue weighted by Crippen LogP contribution is 2.34. The Bertz CT molecular complexity index is 523. The van der Waals surface area contributed by atoms with Gasteiger partial charge in [0.15, 0.2) is 0 Å². The van der Waals surface area contributed by atoms with Gasteiger partial charge in [0.25, 0.3) is 0 Å². The van der Waals surface area contributed by atoms with Crippen LogP contribution in [0.4, 0.5) is 10.5 Å². The molecule has 0 aliphatic heterocycles. The fraction of sp³-hybridized carbons (Fsp3) is 0.385. The van der Waals surface area contributed by atoms with Crippen molar-refractivity contribution in [2.24, 2.45) is 0 Å². The molecular weight excluding hydrogens is 248 g/mol. The van der Waals surface area contributed by atoms with E-state index in [4.69, 9.17) is 9.84 Å². The Balaban J connectivity index is 2.14. The molecule has 1 aliphatic rings. The molecular formula is C13H16N2O4. The van der Waals surface area contributed by atoms with Crippen LogP contribution in [0.1, 0.15) is 30.1 Å². The Kier molecular flexibility index (Phi) is 3.33. The number of hydrogen-bond donors (Lipinski definition) is 3. The third-order valence-corrected chi connectivity index (χ3v) is 3.12. The SMILES string of the molecule is COc1ccc(NC(=O)NC2(C)CC2)c(C(=O)O)c1. The highest BCUT2D eigenvalue weighted by Gasteiger charge is 2.38. The summed E-state index contributed by atoms with van der Waals surface area (Å²) in [6, 6.07) is 4.09. The van der Waals surface area contributed by atoms with Crippen LogP contribution >= 0.6 is 0 Å². The first-order valence-electron chi connectivity index (χ1n) is 5.94. The lowest BCUT2D eigenvalue weighted by Crippen LogP contribution is -2.37. The van der Waals surface area contributed by atoms with Crippen LogP contribution in [0.2, 0.25) is 0 Å². The zero-order chi connectivity index (χ0) is 14.0. The van der Waals surface area contributed by atoms with Gasteiger partial charge in [0.2, 0.25) is 0 Å². The van der Waals surface area contributed by atoms with Crippen molar-refractivity contribution in [1.82, 2.24) is 5.32 Å². The number of nitrogens with one attached hydrogen (secondary N) is 2. The molecule has 0 unspecified atom stereocenters. The molecule has 1 aromatic rings. The van der Waals surface area contributed by atoms with E-state index in [9.17, 15) is 9.59 Å². The third kappa shape index (κ3) is 3.15. The monoisotopic (exact) mass is 264 g/mol. The lowest BCUT2D eigenvalue weighted by Gasteiger charge is -2.14. The summed E-state index contributed by atoms with van der Waals surface area (Å²) in [6.07, 6.45) is 1.88. The number of carbonyl (C=O) groups excluding carboxylic acids is 1. The summed E-state index contributed by atoms with van der Waals surface area (Å²) in [5.74, 6) is -0.690. The highest BCUT2D eigenvalue weighted by molar-refractivity contribution is 6.00. The van der Waals surface area contributed by atoms with Crippen LogP contribution in [0.3, 0.4) is 0 Å². The van der Waals surface area contributed by atoms with E-state index in [0.717, 1.165) is 12.8 Å². The zero-order valence-corrected chi connectivity index (χ0v) is 10.8. The van der Waals surface area contributed by atoms with E-state index in [1.54, 1.807) is 6.07 Å². The molecule has 2 rings (SSSR count). The normalized spacial score (nSPS) is 15.5. The molecule has 0 radical (unpaired) electrons. The molecule has 19 heavy (non-hydrogen) atoms. The molecule has 2 amide bonds. The van der Waals surface area contributed by atoms with Crippen molar-refractivity contribution in [3.05, 3.63) is 23.8 Å². The average Bonchev–Trinajstić information content (AvgIpc) is 3.06. The number of carbonyl (C=O) groups is 2. The maximum Gasteiger partial charge on any atom is 0.337 e. The first kappa shape index (κ1) is 13.2. The van der Waals surface area contributed by atoms with Gasteiger partial charge in [-0.1, -0.05) is 0 Å². The van der Waals surface area contributed by atoms with Crippen molar-refractivity contribution in [2.45, 2.75) is 25.3 Å². The molecule has 0 atom stereocenters. The fourth-order valence-electron chi connectivity index (χ4n) is 1.68. The van der Waals surface area contributed by atoms with Gasteiger partial charge in [-0.15, -0.1) is 0 Å². The number of benzene rings is 1. The first-order chi connectivity index (χ1) is 8.93. The van der Waals surface area contributed by atoms with Crippen LogP contribution in [0.15, 0.2) is 18.2 Å². The molecule has 0 spiro atoms. The van der Waals surface area contributed by atoms with Crippen molar-refractivity contribution in [2.75, 3.05) is 12.4 Å². The van der Waals surface area contributed by atoms with Crippen molar-refractivity contribution < 1.29 is 19.4 Å². The Morgan fingerprint density at radius 1 is 1.37 bits per heavy atom. The van der Waals surface area contributed by atoms with Gasteiger partial charge >= 0.3 is 12.0 Å². The van der Waals surface area contributed by atoms with Gasteiger partial charge < -0.3 is 20.5 Å². The van der Waals surface area contributed by atoms with Crippen LogP contribution < -0.4 is 15.4 Å². The number of amides is 2. The predicted octanol–water partition coefficient (Wildman–Crippen LogP) is 2.07. The molecule has 0 saturated heterocycles. The molecule has 6 heteroatoms. The molecule has 6 nitrogen and oxygen atoms in total. The summed E-state index contributed by atoms with van der Waals surface area (Å²) in [6.45, 7) is 1.94. The summed E-state index contributed by atoms with van der Waals surface area (Å²) in [4.78, 5) is 22.9. The van der Waals surface area contributed by atoms with E-state index in [2.05, 4.69) is 10.6 Å². The van der Waals surface area contributed by atoms with Crippen LogP contribution in [0.5, 0.6) is 5.75 Å². The summed E-state index contributed by atoms with van der Waals surface area (Å²) in [5.41, 5.74) is 0.0884. The van der Waals surface area contributed by atoms with Gasteiger partial charge in [0.1, 0.15) is 5.75 Å². The quantitative estimate of drug-likeness (QED) is 0.776. The number of carboxylic acid groups (broad SMARTS) is 1. The average molecular weight is 264 g/mol. The fourth-order valence-corrected chi connectivity index (χ4v) is 1.68. The van der Waals surface area contributed by atoms with Gasteiger partial charge in [0, 0.05) is 5.54 Å². The van der Waals surface area contributed by atoms with Crippen molar-refractivity contribution in [3.8, 4) is 5.75 Å². The second kappa shape index (κ2) is 4.79. The topological polar surface area (TPSA) is 87.7 Å². The van der Waals surface area contributed by atoms with Gasteiger partial charge in [-0.05, 0) is 38.0 Å². The summed E-state index contributed by atoms with van der Waals surface area (Å²) >= 11 is 0. The van der Waals surface area contributed by atoms with Gasteiger partial charge in [-0.2, -0.15) is 0 Å². The number of rotatable bonds is 4. The Hall–Kier alpha value is -2.24. The summed E-state index contributed by atoms with van der Waals surface area (Å²) < 4.78 is 4.96. The summed E-state index contributed by atoms with van der Waals surface area (Å²) in [5, 5.41) is 14.5. The van der Waals surface area contributed by atoms with Gasteiger partial charge in [-0.3, -0.25) is 0 Å². The molecule has 1 fully saturated rings. The molecule has 1 saturated carbocycles. The number of carboxylic acids is 1. The van der Waals surface area contributed by atoms with E-state index in [1.807, 2.05) is 6.92 Å².